The van der Waals surface area contributed by atoms with Crippen LogP contribution in [0.25, 0.3) is 0 Å². The number of rotatable bonds is 6. The summed E-state index contributed by atoms with van der Waals surface area (Å²) in [6.07, 6.45) is 7.04. The van der Waals surface area contributed by atoms with Crippen LogP contribution in [0.1, 0.15) is 26.2 Å². The van der Waals surface area contributed by atoms with Crippen molar-refractivity contribution in [3.63, 3.8) is 0 Å². The number of aromatic nitrogens is 2. The van der Waals surface area contributed by atoms with Gasteiger partial charge in [0, 0.05) is 32.0 Å². The van der Waals surface area contributed by atoms with Crippen molar-refractivity contribution in [1.82, 2.24) is 14.5 Å². The molecule has 1 unspecified atom stereocenters. The van der Waals surface area contributed by atoms with Gasteiger partial charge in [0.05, 0.1) is 0 Å². The SMILES string of the molecule is CNC(C)CCCCn1ccn(C)c1=O. The van der Waals surface area contributed by atoms with Crippen molar-refractivity contribution in [2.45, 2.75) is 38.8 Å². The van der Waals surface area contributed by atoms with Crippen LogP contribution in [0.15, 0.2) is 17.2 Å². The van der Waals surface area contributed by atoms with E-state index in [2.05, 4.69) is 12.2 Å². The minimum atomic E-state index is 0.0802. The summed E-state index contributed by atoms with van der Waals surface area (Å²) in [6.45, 7) is 3.00. The van der Waals surface area contributed by atoms with Gasteiger partial charge in [-0.2, -0.15) is 0 Å². The van der Waals surface area contributed by atoms with Crippen LogP contribution >= 0.6 is 0 Å². The highest BCUT2D eigenvalue weighted by molar-refractivity contribution is 4.79. The first-order chi connectivity index (χ1) is 7.15. The highest BCUT2D eigenvalue weighted by Crippen LogP contribution is 2.01. The van der Waals surface area contributed by atoms with Crippen molar-refractivity contribution in [1.29, 1.82) is 0 Å². The second kappa shape index (κ2) is 5.75. The first-order valence-corrected chi connectivity index (χ1v) is 5.54. The van der Waals surface area contributed by atoms with Crippen LogP contribution in [0.2, 0.25) is 0 Å². The van der Waals surface area contributed by atoms with Gasteiger partial charge in [0.2, 0.25) is 0 Å². The Morgan fingerprint density at radius 3 is 2.67 bits per heavy atom. The Morgan fingerprint density at radius 1 is 1.40 bits per heavy atom. The zero-order valence-electron chi connectivity index (χ0n) is 9.86. The average Bonchev–Trinajstić information content (AvgIpc) is 2.55. The second-order valence-electron chi connectivity index (χ2n) is 4.07. The van der Waals surface area contributed by atoms with Gasteiger partial charge < -0.3 is 9.88 Å². The van der Waals surface area contributed by atoms with Crippen LogP contribution < -0.4 is 11.0 Å². The monoisotopic (exact) mass is 211 g/mol. The molecule has 0 spiro atoms. The molecule has 0 fully saturated rings. The Hall–Kier alpha value is -1.03. The lowest BCUT2D eigenvalue weighted by atomic mass is 10.1. The number of imidazole rings is 1. The van der Waals surface area contributed by atoms with Crippen molar-refractivity contribution in [3.8, 4) is 0 Å². The highest BCUT2D eigenvalue weighted by Gasteiger charge is 2.00. The van der Waals surface area contributed by atoms with E-state index in [0.29, 0.717) is 6.04 Å². The van der Waals surface area contributed by atoms with E-state index in [4.69, 9.17) is 0 Å². The Bertz CT molecular complexity index is 340. The average molecular weight is 211 g/mol. The molecule has 86 valence electrons. The van der Waals surface area contributed by atoms with E-state index in [-0.39, 0.29) is 5.69 Å². The molecule has 0 radical (unpaired) electrons. The van der Waals surface area contributed by atoms with E-state index >= 15 is 0 Å². The molecule has 0 aromatic carbocycles. The van der Waals surface area contributed by atoms with E-state index in [1.54, 1.807) is 22.4 Å². The number of hydrogen-bond acceptors (Lipinski definition) is 2. The number of aryl methyl sites for hydroxylation is 2. The zero-order valence-corrected chi connectivity index (χ0v) is 9.86. The van der Waals surface area contributed by atoms with Crippen LogP contribution in [0.5, 0.6) is 0 Å². The third-order valence-electron chi connectivity index (χ3n) is 2.80. The minimum Gasteiger partial charge on any atom is -0.317 e. The first kappa shape index (κ1) is 12.0. The van der Waals surface area contributed by atoms with Crippen molar-refractivity contribution < 1.29 is 0 Å². The fourth-order valence-corrected chi connectivity index (χ4v) is 1.56. The van der Waals surface area contributed by atoms with Crippen LogP contribution in [-0.4, -0.2) is 22.2 Å². The van der Waals surface area contributed by atoms with Crippen molar-refractivity contribution in [2.24, 2.45) is 7.05 Å². The molecule has 0 bridgehead atoms. The summed E-state index contributed by atoms with van der Waals surface area (Å²) in [6, 6.07) is 0.567. The normalized spacial score (nSPS) is 13.0. The van der Waals surface area contributed by atoms with Gasteiger partial charge in [0.25, 0.3) is 0 Å². The molecule has 0 amide bonds. The van der Waals surface area contributed by atoms with Gasteiger partial charge in [-0.3, -0.25) is 4.57 Å². The molecule has 1 N–H and O–H groups in total. The second-order valence-corrected chi connectivity index (χ2v) is 4.07. The van der Waals surface area contributed by atoms with E-state index in [1.165, 1.54) is 0 Å². The molecule has 0 aliphatic rings. The summed E-state index contributed by atoms with van der Waals surface area (Å²) in [4.78, 5) is 11.5. The molecule has 0 aliphatic carbocycles. The van der Waals surface area contributed by atoms with Gasteiger partial charge in [0.15, 0.2) is 0 Å². The molecule has 1 atom stereocenters. The van der Waals surface area contributed by atoms with Gasteiger partial charge >= 0.3 is 5.69 Å². The molecule has 4 heteroatoms. The summed E-state index contributed by atoms with van der Waals surface area (Å²) >= 11 is 0. The molecule has 0 saturated carbocycles. The lowest BCUT2D eigenvalue weighted by molar-refractivity contribution is 0.499. The molecule has 4 nitrogen and oxygen atoms in total. The van der Waals surface area contributed by atoms with Gasteiger partial charge in [-0.15, -0.1) is 0 Å². The number of nitrogens with zero attached hydrogens (tertiary/aromatic N) is 2. The quantitative estimate of drug-likeness (QED) is 0.712. The minimum absolute atomic E-state index is 0.0802. The van der Waals surface area contributed by atoms with Crippen molar-refractivity contribution in [2.75, 3.05) is 7.05 Å². The van der Waals surface area contributed by atoms with Crippen LogP contribution in [-0.2, 0) is 13.6 Å². The lowest BCUT2D eigenvalue weighted by Crippen LogP contribution is -2.23. The Kier molecular flexibility index (Phi) is 4.62. The third kappa shape index (κ3) is 3.55. The fourth-order valence-electron chi connectivity index (χ4n) is 1.56. The van der Waals surface area contributed by atoms with Gasteiger partial charge in [0.1, 0.15) is 0 Å². The summed E-state index contributed by atoms with van der Waals surface area (Å²) in [5.74, 6) is 0. The van der Waals surface area contributed by atoms with Gasteiger partial charge in [-0.25, -0.2) is 4.79 Å². The molecule has 0 aliphatic heterocycles. The van der Waals surface area contributed by atoms with Crippen LogP contribution in [0.4, 0.5) is 0 Å². The summed E-state index contributed by atoms with van der Waals surface area (Å²) in [7, 11) is 3.76. The largest absolute Gasteiger partial charge is 0.327 e. The number of unbranched alkanes of at least 4 members (excludes halogenated alkanes) is 1. The predicted molar refractivity (Wildman–Crippen MR) is 62.0 cm³/mol. The summed E-state index contributed by atoms with van der Waals surface area (Å²) in [5, 5.41) is 3.21. The predicted octanol–water partition coefficient (Wildman–Crippen LogP) is 0.965. The van der Waals surface area contributed by atoms with Gasteiger partial charge in [-0.1, -0.05) is 6.42 Å². The van der Waals surface area contributed by atoms with Crippen molar-refractivity contribution >= 4 is 0 Å². The van der Waals surface area contributed by atoms with Crippen LogP contribution in [0.3, 0.4) is 0 Å². The maximum atomic E-state index is 11.5. The standard InChI is InChI=1S/C11H21N3O/c1-10(12-2)6-4-5-7-14-9-8-13(3)11(14)15/h8-10,12H,4-7H2,1-3H3. The van der Waals surface area contributed by atoms with E-state index in [9.17, 15) is 4.79 Å². The van der Waals surface area contributed by atoms with Crippen molar-refractivity contribution in [3.05, 3.63) is 22.9 Å². The maximum absolute atomic E-state index is 11.5. The topological polar surface area (TPSA) is 39.0 Å². The molecule has 1 aromatic heterocycles. The Morgan fingerprint density at radius 2 is 2.13 bits per heavy atom. The zero-order chi connectivity index (χ0) is 11.3. The smallest absolute Gasteiger partial charge is 0.317 e. The molecular formula is C11H21N3O. The van der Waals surface area contributed by atoms with E-state index < -0.39 is 0 Å². The Labute approximate surface area is 90.9 Å². The highest BCUT2D eigenvalue weighted by atomic mass is 16.1. The first-order valence-electron chi connectivity index (χ1n) is 5.54. The molecule has 0 saturated heterocycles. The summed E-state index contributed by atoms with van der Waals surface area (Å²) in [5.41, 5.74) is 0.0802. The molecule has 1 heterocycles. The fraction of sp³-hybridized carbons (Fsp3) is 0.727. The number of hydrogen-bond donors (Lipinski definition) is 1. The van der Waals surface area contributed by atoms with E-state index in [1.807, 2.05) is 13.2 Å². The number of nitrogens with one attached hydrogen (secondary N) is 1. The Balaban J connectivity index is 2.26. The third-order valence-corrected chi connectivity index (χ3v) is 2.80. The summed E-state index contributed by atoms with van der Waals surface area (Å²) < 4.78 is 3.38. The molecular weight excluding hydrogens is 190 g/mol. The van der Waals surface area contributed by atoms with Crippen LogP contribution in [0, 0.1) is 0 Å². The van der Waals surface area contributed by atoms with E-state index in [0.717, 1.165) is 25.8 Å². The lowest BCUT2D eigenvalue weighted by Gasteiger charge is -2.09. The maximum Gasteiger partial charge on any atom is 0.327 e. The molecule has 1 aromatic rings. The van der Waals surface area contributed by atoms with Gasteiger partial charge in [-0.05, 0) is 26.8 Å². The molecule has 1 rings (SSSR count). The molecule has 15 heavy (non-hydrogen) atoms.